The molecule has 0 bridgehead atoms. The summed E-state index contributed by atoms with van der Waals surface area (Å²) in [7, 11) is -0.994. The van der Waals surface area contributed by atoms with Crippen LogP contribution >= 0.6 is 0 Å². The fourth-order valence-corrected chi connectivity index (χ4v) is 4.64. The van der Waals surface area contributed by atoms with Crippen molar-refractivity contribution in [3.8, 4) is 0 Å². The highest BCUT2D eigenvalue weighted by Gasteiger charge is 2.31. The van der Waals surface area contributed by atoms with E-state index in [0.717, 1.165) is 22.3 Å². The zero-order valence-electron chi connectivity index (χ0n) is 12.0. The molecule has 112 valence electrons. The molecule has 1 aliphatic rings. The molecule has 1 unspecified atom stereocenters. The van der Waals surface area contributed by atoms with Crippen LogP contribution in [-0.4, -0.2) is 38.0 Å². The lowest BCUT2D eigenvalue weighted by Gasteiger charge is -2.26. The number of hydrogen-bond acceptors (Lipinski definition) is 5. The molecule has 0 amide bonds. The van der Waals surface area contributed by atoms with Gasteiger partial charge in [0.15, 0.2) is 9.84 Å². The third-order valence-electron chi connectivity index (χ3n) is 4.07. The van der Waals surface area contributed by atoms with Crippen molar-refractivity contribution in [2.24, 2.45) is 5.73 Å². The molecule has 5 nitrogen and oxygen atoms in total. The summed E-state index contributed by atoms with van der Waals surface area (Å²) < 4.78 is 23.4. The van der Waals surface area contributed by atoms with Gasteiger partial charge >= 0.3 is 0 Å². The number of fused-ring (bicyclic) bond motifs is 1. The van der Waals surface area contributed by atoms with Crippen LogP contribution in [0, 0.1) is 0 Å². The summed E-state index contributed by atoms with van der Waals surface area (Å²) in [5, 5.41) is 2.11. The van der Waals surface area contributed by atoms with Gasteiger partial charge in [0.2, 0.25) is 0 Å². The number of nitrogens with two attached hydrogens (primary N) is 1. The largest absolute Gasteiger partial charge is 0.355 e. The van der Waals surface area contributed by atoms with Crippen LogP contribution in [0.25, 0.3) is 10.8 Å². The first-order valence-electron chi connectivity index (χ1n) is 7.02. The zero-order chi connectivity index (χ0) is 15.0. The summed E-state index contributed by atoms with van der Waals surface area (Å²) in [5.74, 6) is 1.28. The molecular formula is C15H19N3O2S. The van der Waals surface area contributed by atoms with Crippen molar-refractivity contribution in [3.63, 3.8) is 0 Å². The number of benzene rings is 1. The number of pyridine rings is 1. The van der Waals surface area contributed by atoms with Gasteiger partial charge in [0, 0.05) is 25.0 Å². The SMILES string of the molecule is CN(c1nc(CN)cc2ccccc12)C1CCS(=O)(=O)C1. The number of aromatic nitrogens is 1. The maximum atomic E-state index is 11.7. The Morgan fingerprint density at radius 1 is 1.38 bits per heavy atom. The normalized spacial score (nSPS) is 20.8. The molecule has 21 heavy (non-hydrogen) atoms. The Bertz CT molecular complexity index is 774. The van der Waals surface area contributed by atoms with Crippen molar-refractivity contribution in [2.75, 3.05) is 23.5 Å². The number of anilines is 1. The minimum absolute atomic E-state index is 0.0149. The molecule has 2 heterocycles. The van der Waals surface area contributed by atoms with Gasteiger partial charge in [0.25, 0.3) is 0 Å². The molecule has 3 rings (SSSR count). The lowest BCUT2D eigenvalue weighted by atomic mass is 10.1. The standard InChI is InChI=1S/C15H19N3O2S/c1-18(13-6-7-21(19,20)10-13)15-14-5-3-2-4-11(14)8-12(9-16)17-15/h2-5,8,13H,6-7,9-10,16H2,1H3. The third-order valence-corrected chi connectivity index (χ3v) is 5.82. The van der Waals surface area contributed by atoms with Gasteiger partial charge in [-0.1, -0.05) is 24.3 Å². The van der Waals surface area contributed by atoms with Crippen LogP contribution in [0.3, 0.4) is 0 Å². The van der Waals surface area contributed by atoms with E-state index in [0.29, 0.717) is 13.0 Å². The Labute approximate surface area is 124 Å². The number of sulfone groups is 1. The van der Waals surface area contributed by atoms with E-state index >= 15 is 0 Å². The monoisotopic (exact) mass is 305 g/mol. The van der Waals surface area contributed by atoms with Gasteiger partial charge in [-0.3, -0.25) is 0 Å². The summed E-state index contributed by atoms with van der Waals surface area (Å²) in [5.41, 5.74) is 6.55. The Kier molecular flexibility index (Phi) is 3.59. The molecule has 0 spiro atoms. The Hall–Kier alpha value is -1.66. The molecule has 2 aromatic rings. The fourth-order valence-electron chi connectivity index (χ4n) is 2.86. The Morgan fingerprint density at radius 3 is 2.81 bits per heavy atom. The van der Waals surface area contributed by atoms with Crippen LogP contribution in [-0.2, 0) is 16.4 Å². The topological polar surface area (TPSA) is 76.3 Å². The number of nitrogens with zero attached hydrogens (tertiary/aromatic N) is 2. The van der Waals surface area contributed by atoms with Crippen molar-refractivity contribution < 1.29 is 8.42 Å². The van der Waals surface area contributed by atoms with E-state index in [1.807, 2.05) is 42.3 Å². The average molecular weight is 305 g/mol. The van der Waals surface area contributed by atoms with E-state index in [1.54, 1.807) is 0 Å². The number of rotatable bonds is 3. The first-order chi connectivity index (χ1) is 10.00. The van der Waals surface area contributed by atoms with Gasteiger partial charge in [-0.15, -0.1) is 0 Å². The first-order valence-corrected chi connectivity index (χ1v) is 8.84. The molecule has 0 saturated carbocycles. The van der Waals surface area contributed by atoms with Crippen LogP contribution in [0.2, 0.25) is 0 Å². The summed E-state index contributed by atoms with van der Waals surface area (Å²) in [6.45, 7) is 0.370. The highest BCUT2D eigenvalue weighted by molar-refractivity contribution is 7.91. The molecule has 1 aromatic carbocycles. The lowest BCUT2D eigenvalue weighted by molar-refractivity contribution is 0.600. The predicted molar refractivity (Wildman–Crippen MR) is 85.1 cm³/mol. The molecule has 2 N–H and O–H groups in total. The van der Waals surface area contributed by atoms with Crippen LogP contribution in [0.15, 0.2) is 30.3 Å². The van der Waals surface area contributed by atoms with E-state index < -0.39 is 9.84 Å². The molecule has 6 heteroatoms. The fraction of sp³-hybridized carbons (Fsp3) is 0.400. The average Bonchev–Trinajstić information content (AvgIpc) is 2.85. The summed E-state index contributed by atoms with van der Waals surface area (Å²) in [4.78, 5) is 6.61. The van der Waals surface area contributed by atoms with E-state index in [1.165, 1.54) is 0 Å². The predicted octanol–water partition coefficient (Wildman–Crippen LogP) is 1.32. The van der Waals surface area contributed by atoms with E-state index in [-0.39, 0.29) is 17.5 Å². The van der Waals surface area contributed by atoms with Crippen molar-refractivity contribution >= 4 is 26.4 Å². The van der Waals surface area contributed by atoms with Crippen molar-refractivity contribution in [1.82, 2.24) is 4.98 Å². The molecule has 0 radical (unpaired) electrons. The van der Waals surface area contributed by atoms with Crippen LogP contribution in [0.4, 0.5) is 5.82 Å². The summed E-state index contributed by atoms with van der Waals surface area (Å²) in [6, 6.07) is 9.95. The smallest absolute Gasteiger partial charge is 0.152 e. The summed E-state index contributed by atoms with van der Waals surface area (Å²) >= 11 is 0. The molecule has 1 saturated heterocycles. The molecule has 1 atom stereocenters. The highest BCUT2D eigenvalue weighted by atomic mass is 32.2. The lowest BCUT2D eigenvalue weighted by Crippen LogP contribution is -2.33. The van der Waals surface area contributed by atoms with E-state index in [2.05, 4.69) is 4.98 Å². The van der Waals surface area contributed by atoms with Gasteiger partial charge in [0.05, 0.1) is 17.2 Å². The second kappa shape index (κ2) is 5.27. The van der Waals surface area contributed by atoms with E-state index in [9.17, 15) is 8.42 Å². The van der Waals surface area contributed by atoms with E-state index in [4.69, 9.17) is 5.73 Å². The van der Waals surface area contributed by atoms with Gasteiger partial charge in [-0.05, 0) is 17.9 Å². The van der Waals surface area contributed by atoms with Gasteiger partial charge in [-0.2, -0.15) is 0 Å². The van der Waals surface area contributed by atoms with Crippen molar-refractivity contribution in [3.05, 3.63) is 36.0 Å². The third kappa shape index (κ3) is 2.73. The molecule has 0 aliphatic carbocycles. The molecule has 1 aromatic heterocycles. The van der Waals surface area contributed by atoms with Crippen molar-refractivity contribution in [2.45, 2.75) is 19.0 Å². The van der Waals surface area contributed by atoms with Crippen LogP contribution in [0.5, 0.6) is 0 Å². The van der Waals surface area contributed by atoms with Gasteiger partial charge in [0.1, 0.15) is 5.82 Å². The Balaban J connectivity index is 2.06. The first kappa shape index (κ1) is 14.3. The quantitative estimate of drug-likeness (QED) is 0.925. The highest BCUT2D eigenvalue weighted by Crippen LogP contribution is 2.29. The molecule has 1 fully saturated rings. The summed E-state index contributed by atoms with van der Waals surface area (Å²) in [6.07, 6.45) is 0.654. The second-order valence-corrected chi connectivity index (χ2v) is 7.76. The minimum atomic E-state index is -2.91. The molecular weight excluding hydrogens is 286 g/mol. The zero-order valence-corrected chi connectivity index (χ0v) is 12.8. The van der Waals surface area contributed by atoms with Crippen LogP contribution in [0.1, 0.15) is 12.1 Å². The maximum absolute atomic E-state index is 11.7. The van der Waals surface area contributed by atoms with Crippen LogP contribution < -0.4 is 10.6 Å². The van der Waals surface area contributed by atoms with Crippen molar-refractivity contribution in [1.29, 1.82) is 0 Å². The Morgan fingerprint density at radius 2 is 2.14 bits per heavy atom. The second-order valence-electron chi connectivity index (χ2n) is 5.53. The maximum Gasteiger partial charge on any atom is 0.152 e. The molecule has 1 aliphatic heterocycles. The number of hydrogen-bond donors (Lipinski definition) is 1. The van der Waals surface area contributed by atoms with Gasteiger partial charge < -0.3 is 10.6 Å². The van der Waals surface area contributed by atoms with Gasteiger partial charge in [-0.25, -0.2) is 13.4 Å². The minimum Gasteiger partial charge on any atom is -0.355 e.